The van der Waals surface area contributed by atoms with Crippen molar-refractivity contribution >= 4 is 17.7 Å². The van der Waals surface area contributed by atoms with E-state index in [9.17, 15) is 27.6 Å². The van der Waals surface area contributed by atoms with Crippen LogP contribution in [0.15, 0.2) is 30.3 Å². The zero-order valence-corrected chi connectivity index (χ0v) is 10.7. The van der Waals surface area contributed by atoms with Gasteiger partial charge in [0.05, 0.1) is 0 Å². The first-order valence-corrected chi connectivity index (χ1v) is 5.90. The molecule has 0 bridgehead atoms. The fourth-order valence-electron chi connectivity index (χ4n) is 1.54. The van der Waals surface area contributed by atoms with E-state index >= 15 is 0 Å². The Morgan fingerprint density at radius 1 is 1.14 bits per heavy atom. The number of carbonyl (C=O) groups is 3. The van der Waals surface area contributed by atoms with Crippen molar-refractivity contribution < 1.29 is 32.7 Å². The number of hydrogen-bond acceptors (Lipinski definition) is 3. The number of nitrogens with one attached hydrogen (secondary N) is 1. The second-order valence-electron chi connectivity index (χ2n) is 4.19. The average molecular weight is 303 g/mol. The lowest BCUT2D eigenvalue weighted by Crippen LogP contribution is -2.47. The van der Waals surface area contributed by atoms with Gasteiger partial charge in [0.15, 0.2) is 5.78 Å². The molecule has 8 heteroatoms. The van der Waals surface area contributed by atoms with Crippen molar-refractivity contribution in [2.45, 2.75) is 25.1 Å². The van der Waals surface area contributed by atoms with Gasteiger partial charge in [0, 0.05) is 12.0 Å². The molecule has 2 N–H and O–H groups in total. The molecule has 0 aliphatic rings. The molecule has 0 spiro atoms. The van der Waals surface area contributed by atoms with Crippen molar-refractivity contribution in [2.75, 3.05) is 0 Å². The van der Waals surface area contributed by atoms with E-state index in [1.54, 1.807) is 18.2 Å². The number of hydrogen-bond donors (Lipinski definition) is 2. The number of alkyl halides is 3. The molecule has 114 valence electrons. The Bertz CT molecular complexity index is 528. The number of aliphatic carboxylic acids is 1. The molecule has 1 aromatic rings. The Morgan fingerprint density at radius 3 is 2.19 bits per heavy atom. The third-order valence-electron chi connectivity index (χ3n) is 2.62. The highest BCUT2D eigenvalue weighted by atomic mass is 19.4. The number of Topliss-reactive ketones (excluding diaryl/α,β-unsaturated/α-hetero) is 1. The largest absolute Gasteiger partial charge is 0.480 e. The van der Waals surface area contributed by atoms with Crippen LogP contribution in [0.1, 0.15) is 23.2 Å². The molecular weight excluding hydrogens is 291 g/mol. The van der Waals surface area contributed by atoms with E-state index in [0.717, 1.165) is 0 Å². The summed E-state index contributed by atoms with van der Waals surface area (Å²) in [6.07, 6.45) is -5.89. The number of ketones is 1. The molecule has 0 heterocycles. The van der Waals surface area contributed by atoms with Crippen LogP contribution in [0.25, 0.3) is 0 Å². The fraction of sp³-hybridized carbons (Fsp3) is 0.308. The summed E-state index contributed by atoms with van der Waals surface area (Å²) in [7, 11) is 0. The zero-order valence-electron chi connectivity index (χ0n) is 10.7. The second kappa shape index (κ2) is 6.87. The minimum Gasteiger partial charge on any atom is -0.480 e. The zero-order chi connectivity index (χ0) is 16.0. The third kappa shape index (κ3) is 5.25. The summed E-state index contributed by atoms with van der Waals surface area (Å²) in [5.41, 5.74) is 0.323. The van der Waals surface area contributed by atoms with Crippen molar-refractivity contribution in [1.29, 1.82) is 0 Å². The van der Waals surface area contributed by atoms with E-state index in [2.05, 4.69) is 0 Å². The van der Waals surface area contributed by atoms with Gasteiger partial charge in [-0.2, -0.15) is 13.2 Å². The van der Waals surface area contributed by atoms with E-state index in [1.165, 1.54) is 17.4 Å². The molecule has 5 nitrogen and oxygen atoms in total. The lowest BCUT2D eigenvalue weighted by atomic mass is 10.0. The molecule has 1 atom stereocenters. The fourth-order valence-corrected chi connectivity index (χ4v) is 1.54. The summed E-state index contributed by atoms with van der Waals surface area (Å²) in [6, 6.07) is 6.13. The van der Waals surface area contributed by atoms with Crippen molar-refractivity contribution in [3.63, 3.8) is 0 Å². The number of carbonyl (C=O) groups excluding carboxylic acids is 2. The summed E-state index contributed by atoms with van der Waals surface area (Å²) >= 11 is 0. The van der Waals surface area contributed by atoms with Crippen molar-refractivity contribution in [2.24, 2.45) is 0 Å². The Balaban J connectivity index is 2.62. The Morgan fingerprint density at radius 2 is 1.71 bits per heavy atom. The molecule has 1 aromatic carbocycles. The van der Waals surface area contributed by atoms with Gasteiger partial charge >= 0.3 is 18.1 Å². The number of amides is 1. The van der Waals surface area contributed by atoms with E-state index < -0.39 is 36.3 Å². The molecule has 0 aliphatic heterocycles. The van der Waals surface area contributed by atoms with E-state index in [4.69, 9.17) is 5.11 Å². The van der Waals surface area contributed by atoms with Crippen molar-refractivity contribution in [1.82, 2.24) is 5.32 Å². The van der Waals surface area contributed by atoms with Crippen LogP contribution in [-0.2, 0) is 9.59 Å². The monoisotopic (exact) mass is 303 g/mol. The first-order valence-electron chi connectivity index (χ1n) is 5.90. The number of carboxylic acids is 1. The Hall–Kier alpha value is -2.38. The van der Waals surface area contributed by atoms with Crippen LogP contribution in [0.4, 0.5) is 13.2 Å². The highest BCUT2D eigenvalue weighted by Gasteiger charge is 2.40. The minimum absolute atomic E-state index is 0.293. The maximum absolute atomic E-state index is 12.1. The normalized spacial score (nSPS) is 12.5. The molecule has 0 fully saturated rings. The van der Waals surface area contributed by atoms with E-state index in [1.807, 2.05) is 0 Å². The number of halogens is 3. The van der Waals surface area contributed by atoms with E-state index in [-0.39, 0.29) is 6.42 Å². The van der Waals surface area contributed by atoms with Crippen LogP contribution in [0.3, 0.4) is 0 Å². The van der Waals surface area contributed by atoms with Gasteiger partial charge in [-0.15, -0.1) is 0 Å². The second-order valence-corrected chi connectivity index (χ2v) is 4.19. The topological polar surface area (TPSA) is 83.5 Å². The highest BCUT2D eigenvalue weighted by Crippen LogP contribution is 2.15. The average Bonchev–Trinajstić information content (AvgIpc) is 2.42. The summed E-state index contributed by atoms with van der Waals surface area (Å²) in [4.78, 5) is 33.3. The maximum atomic E-state index is 12.1. The summed E-state index contributed by atoms with van der Waals surface area (Å²) in [5, 5.41) is 10.1. The lowest BCUT2D eigenvalue weighted by Gasteiger charge is -2.15. The molecule has 0 aromatic heterocycles. The number of rotatable bonds is 6. The molecule has 0 unspecified atom stereocenters. The van der Waals surface area contributed by atoms with Gasteiger partial charge in [0.25, 0.3) is 0 Å². The van der Waals surface area contributed by atoms with Crippen LogP contribution in [0, 0.1) is 0 Å². The summed E-state index contributed by atoms with van der Waals surface area (Å²) in [6.45, 7) is 0. The van der Waals surface area contributed by atoms with Gasteiger partial charge in [0.2, 0.25) is 0 Å². The highest BCUT2D eigenvalue weighted by molar-refractivity contribution is 5.96. The SMILES string of the molecule is O=C(CC[C@H](NC(=O)C(F)(F)F)C(=O)O)c1ccccc1. The van der Waals surface area contributed by atoms with Crippen molar-refractivity contribution in [3.8, 4) is 0 Å². The van der Waals surface area contributed by atoms with Crippen LogP contribution in [0.5, 0.6) is 0 Å². The molecule has 21 heavy (non-hydrogen) atoms. The lowest BCUT2D eigenvalue weighted by molar-refractivity contribution is -0.175. The summed E-state index contributed by atoms with van der Waals surface area (Å²) in [5.74, 6) is -4.39. The van der Waals surface area contributed by atoms with Gasteiger partial charge in [-0.1, -0.05) is 30.3 Å². The van der Waals surface area contributed by atoms with Gasteiger partial charge in [-0.05, 0) is 6.42 Å². The molecule has 1 amide bonds. The van der Waals surface area contributed by atoms with Crippen LogP contribution in [-0.4, -0.2) is 35.0 Å². The molecule has 0 radical (unpaired) electrons. The molecule has 1 rings (SSSR count). The molecule has 0 saturated heterocycles. The Kier molecular flexibility index (Phi) is 5.45. The van der Waals surface area contributed by atoms with Gasteiger partial charge in [0.1, 0.15) is 6.04 Å². The predicted molar refractivity (Wildman–Crippen MR) is 65.6 cm³/mol. The third-order valence-corrected chi connectivity index (χ3v) is 2.62. The van der Waals surface area contributed by atoms with Gasteiger partial charge < -0.3 is 10.4 Å². The van der Waals surface area contributed by atoms with Crippen LogP contribution < -0.4 is 5.32 Å². The van der Waals surface area contributed by atoms with Gasteiger partial charge in [-0.25, -0.2) is 4.79 Å². The number of benzene rings is 1. The first-order chi connectivity index (χ1) is 9.71. The number of carboxylic acid groups (broad SMARTS) is 1. The quantitative estimate of drug-likeness (QED) is 0.785. The van der Waals surface area contributed by atoms with Crippen molar-refractivity contribution in [3.05, 3.63) is 35.9 Å². The summed E-state index contributed by atoms with van der Waals surface area (Å²) < 4.78 is 36.2. The molecule has 0 aliphatic carbocycles. The smallest absolute Gasteiger partial charge is 0.471 e. The Labute approximate surface area is 117 Å². The predicted octanol–water partition coefficient (Wildman–Crippen LogP) is 1.78. The maximum Gasteiger partial charge on any atom is 0.471 e. The first kappa shape index (κ1) is 16.7. The standard InChI is InChI=1S/C13H12F3NO4/c14-13(15,16)12(21)17-9(11(19)20)6-7-10(18)8-4-2-1-3-5-8/h1-5,9H,6-7H2,(H,17,21)(H,19,20)/t9-/m0/s1. The molecular formula is C13H12F3NO4. The van der Waals surface area contributed by atoms with Crippen LogP contribution >= 0.6 is 0 Å². The molecule has 0 saturated carbocycles. The van der Waals surface area contributed by atoms with Crippen LogP contribution in [0.2, 0.25) is 0 Å². The minimum atomic E-state index is -5.17. The van der Waals surface area contributed by atoms with Gasteiger partial charge in [-0.3, -0.25) is 9.59 Å². The van der Waals surface area contributed by atoms with E-state index in [0.29, 0.717) is 5.56 Å².